The van der Waals surface area contributed by atoms with E-state index in [0.29, 0.717) is 5.88 Å². The van der Waals surface area contributed by atoms with Crippen molar-refractivity contribution in [3.05, 3.63) is 30.1 Å². The van der Waals surface area contributed by atoms with Crippen LogP contribution in [-0.4, -0.2) is 5.21 Å². The van der Waals surface area contributed by atoms with Crippen molar-refractivity contribution >= 4 is 11.6 Å². The standard InChI is InChI=1S/C6H7ClNO/c7-5-6-1-3-8(9)4-2-6/h1-4,9H,5H2/q+1. The Balaban J connectivity index is 2.88. The summed E-state index contributed by atoms with van der Waals surface area (Å²) < 4.78 is 0.982. The Morgan fingerprint density at radius 2 is 2.00 bits per heavy atom. The van der Waals surface area contributed by atoms with Crippen LogP contribution in [0.5, 0.6) is 0 Å². The summed E-state index contributed by atoms with van der Waals surface area (Å²) in [6.45, 7) is 0. The van der Waals surface area contributed by atoms with Crippen LogP contribution in [0.2, 0.25) is 0 Å². The summed E-state index contributed by atoms with van der Waals surface area (Å²) in [5, 5.41) is 8.73. The van der Waals surface area contributed by atoms with Crippen LogP contribution in [-0.2, 0) is 5.88 Å². The Morgan fingerprint density at radius 1 is 1.44 bits per heavy atom. The third-order valence-electron chi connectivity index (χ3n) is 1.04. The van der Waals surface area contributed by atoms with Crippen molar-refractivity contribution < 1.29 is 9.94 Å². The summed E-state index contributed by atoms with van der Waals surface area (Å²) in [6, 6.07) is 3.51. The van der Waals surface area contributed by atoms with E-state index in [0.717, 1.165) is 10.3 Å². The highest BCUT2D eigenvalue weighted by molar-refractivity contribution is 6.17. The van der Waals surface area contributed by atoms with Gasteiger partial charge in [0.25, 0.3) is 0 Å². The normalized spacial score (nSPS) is 9.44. The molecule has 0 aliphatic carbocycles. The largest absolute Gasteiger partial charge is 0.285 e. The zero-order valence-corrected chi connectivity index (χ0v) is 5.54. The van der Waals surface area contributed by atoms with Gasteiger partial charge in [0.15, 0.2) is 0 Å². The van der Waals surface area contributed by atoms with E-state index in [4.69, 9.17) is 16.8 Å². The summed E-state index contributed by atoms with van der Waals surface area (Å²) in [6.07, 6.45) is 3.08. The van der Waals surface area contributed by atoms with Gasteiger partial charge in [-0.25, -0.2) is 0 Å². The van der Waals surface area contributed by atoms with Crippen molar-refractivity contribution in [3.63, 3.8) is 0 Å². The number of pyridine rings is 1. The maximum absolute atomic E-state index is 8.73. The van der Waals surface area contributed by atoms with Gasteiger partial charge in [0, 0.05) is 22.7 Å². The lowest BCUT2D eigenvalue weighted by molar-refractivity contribution is -0.904. The highest BCUT2D eigenvalue weighted by Gasteiger charge is 1.93. The van der Waals surface area contributed by atoms with Crippen molar-refractivity contribution in [1.82, 2.24) is 0 Å². The first-order valence-corrected chi connectivity index (χ1v) is 3.12. The van der Waals surface area contributed by atoms with Crippen molar-refractivity contribution in [2.45, 2.75) is 5.88 Å². The van der Waals surface area contributed by atoms with E-state index < -0.39 is 0 Å². The number of hydrogen-bond donors (Lipinski definition) is 1. The molecule has 0 aromatic carbocycles. The predicted octanol–water partition coefficient (Wildman–Crippen LogP) is 0.950. The van der Waals surface area contributed by atoms with E-state index in [1.165, 1.54) is 12.4 Å². The molecule has 0 atom stereocenters. The minimum Gasteiger partial charge on any atom is -0.285 e. The van der Waals surface area contributed by atoms with E-state index in [9.17, 15) is 0 Å². The number of hydrogen-bond acceptors (Lipinski definition) is 1. The molecule has 1 rings (SSSR count). The Morgan fingerprint density at radius 3 is 2.44 bits per heavy atom. The van der Waals surface area contributed by atoms with Gasteiger partial charge in [-0.05, 0) is 5.56 Å². The predicted molar refractivity (Wildman–Crippen MR) is 33.4 cm³/mol. The molecular formula is C6H7ClNO+. The molecule has 0 spiro atoms. The summed E-state index contributed by atoms with van der Waals surface area (Å²) >= 11 is 5.49. The topological polar surface area (TPSA) is 24.1 Å². The van der Waals surface area contributed by atoms with Gasteiger partial charge in [-0.2, -0.15) is 0 Å². The van der Waals surface area contributed by atoms with Crippen LogP contribution in [0.3, 0.4) is 0 Å². The van der Waals surface area contributed by atoms with Crippen LogP contribution in [0.15, 0.2) is 24.5 Å². The van der Waals surface area contributed by atoms with E-state index in [1.54, 1.807) is 12.1 Å². The first-order valence-electron chi connectivity index (χ1n) is 2.58. The zero-order chi connectivity index (χ0) is 6.69. The molecule has 0 aliphatic heterocycles. The number of alkyl halides is 1. The number of halogens is 1. The molecule has 0 unspecified atom stereocenters. The van der Waals surface area contributed by atoms with Crippen LogP contribution in [0, 0.1) is 0 Å². The molecule has 1 aromatic rings. The van der Waals surface area contributed by atoms with Gasteiger partial charge in [0.05, 0.1) is 0 Å². The fourth-order valence-electron chi connectivity index (χ4n) is 0.539. The van der Waals surface area contributed by atoms with E-state index in [2.05, 4.69) is 0 Å². The van der Waals surface area contributed by atoms with Gasteiger partial charge in [-0.3, -0.25) is 5.21 Å². The Labute approximate surface area is 58.3 Å². The number of nitrogens with zero attached hydrogens (tertiary/aromatic N) is 1. The van der Waals surface area contributed by atoms with Crippen molar-refractivity contribution in [2.24, 2.45) is 0 Å². The molecule has 0 radical (unpaired) electrons. The average molecular weight is 145 g/mol. The minimum absolute atomic E-state index is 0.487. The minimum atomic E-state index is 0.487. The van der Waals surface area contributed by atoms with Gasteiger partial charge in [-0.1, -0.05) is 0 Å². The van der Waals surface area contributed by atoms with Gasteiger partial charge < -0.3 is 0 Å². The van der Waals surface area contributed by atoms with Crippen molar-refractivity contribution in [2.75, 3.05) is 0 Å². The first-order chi connectivity index (χ1) is 4.33. The molecule has 9 heavy (non-hydrogen) atoms. The highest BCUT2D eigenvalue weighted by Crippen LogP contribution is 1.97. The maximum atomic E-state index is 8.73. The Bertz CT molecular complexity index is 185. The molecule has 0 bridgehead atoms. The molecule has 0 fully saturated rings. The molecule has 1 N–H and O–H groups in total. The molecule has 0 saturated carbocycles. The Kier molecular flexibility index (Phi) is 1.90. The second kappa shape index (κ2) is 2.69. The van der Waals surface area contributed by atoms with Gasteiger partial charge in [0.1, 0.15) is 0 Å². The molecule has 0 amide bonds. The number of rotatable bonds is 1. The molecule has 48 valence electrons. The second-order valence-corrected chi connectivity index (χ2v) is 1.99. The first kappa shape index (κ1) is 6.36. The van der Waals surface area contributed by atoms with E-state index in [1.807, 2.05) is 0 Å². The van der Waals surface area contributed by atoms with Crippen molar-refractivity contribution in [1.29, 1.82) is 0 Å². The van der Waals surface area contributed by atoms with E-state index in [-0.39, 0.29) is 0 Å². The van der Waals surface area contributed by atoms with Gasteiger partial charge in [0.2, 0.25) is 12.4 Å². The fourth-order valence-corrected chi connectivity index (χ4v) is 0.717. The lowest BCUT2D eigenvalue weighted by Crippen LogP contribution is -2.27. The van der Waals surface area contributed by atoms with Crippen LogP contribution >= 0.6 is 11.6 Å². The lowest BCUT2D eigenvalue weighted by Gasteiger charge is -1.86. The zero-order valence-electron chi connectivity index (χ0n) is 4.79. The third-order valence-corrected chi connectivity index (χ3v) is 1.35. The second-order valence-electron chi connectivity index (χ2n) is 1.72. The molecule has 1 aromatic heterocycles. The van der Waals surface area contributed by atoms with E-state index >= 15 is 0 Å². The fraction of sp³-hybridized carbons (Fsp3) is 0.167. The van der Waals surface area contributed by atoms with Gasteiger partial charge in [-0.15, -0.1) is 11.6 Å². The smallest absolute Gasteiger partial charge is 0.222 e. The molecule has 0 saturated heterocycles. The summed E-state index contributed by atoms with van der Waals surface area (Å²) in [5.74, 6) is 0.487. The highest BCUT2D eigenvalue weighted by atomic mass is 35.5. The summed E-state index contributed by atoms with van der Waals surface area (Å²) in [5.41, 5.74) is 1.00. The van der Waals surface area contributed by atoms with Gasteiger partial charge >= 0.3 is 0 Å². The lowest BCUT2D eigenvalue weighted by atomic mass is 10.3. The molecule has 2 nitrogen and oxygen atoms in total. The van der Waals surface area contributed by atoms with Crippen LogP contribution in [0.1, 0.15) is 5.56 Å². The van der Waals surface area contributed by atoms with Crippen molar-refractivity contribution in [3.8, 4) is 0 Å². The van der Waals surface area contributed by atoms with Crippen LogP contribution in [0.4, 0.5) is 0 Å². The van der Waals surface area contributed by atoms with Crippen LogP contribution in [0.25, 0.3) is 0 Å². The third kappa shape index (κ3) is 1.57. The molecular weight excluding hydrogens is 138 g/mol. The number of aromatic nitrogens is 1. The summed E-state index contributed by atoms with van der Waals surface area (Å²) in [4.78, 5) is 0. The molecule has 0 aliphatic rings. The monoisotopic (exact) mass is 144 g/mol. The van der Waals surface area contributed by atoms with Crippen LogP contribution < -0.4 is 4.73 Å². The molecule has 3 heteroatoms. The quantitative estimate of drug-likeness (QED) is 0.354. The summed E-state index contributed by atoms with van der Waals surface area (Å²) in [7, 11) is 0. The maximum Gasteiger partial charge on any atom is 0.222 e. The Hall–Kier alpha value is -0.760. The SMILES string of the molecule is O[n+]1ccc(CCl)cc1. The molecule has 1 heterocycles. The average Bonchev–Trinajstić information content (AvgIpc) is 1.90.